The van der Waals surface area contributed by atoms with Gasteiger partial charge < -0.3 is 0 Å². The van der Waals surface area contributed by atoms with Crippen LogP contribution in [0.2, 0.25) is 0 Å². The molecule has 0 spiro atoms. The summed E-state index contributed by atoms with van der Waals surface area (Å²) in [5, 5.41) is 10.4. The van der Waals surface area contributed by atoms with Gasteiger partial charge in [0.15, 0.2) is 23.3 Å². The average molecular weight is 717 g/mol. The second kappa shape index (κ2) is 15.2. The third kappa shape index (κ3) is 6.84. The van der Waals surface area contributed by atoms with E-state index in [1.807, 2.05) is 152 Å². The predicted molar refractivity (Wildman–Crippen MR) is 224 cm³/mol. The fourth-order valence-corrected chi connectivity index (χ4v) is 6.89. The normalized spacial score (nSPS) is 10.8. The molecule has 0 saturated heterocycles. The van der Waals surface area contributed by atoms with Crippen molar-refractivity contribution in [3.8, 4) is 96.4 Å². The van der Waals surface area contributed by atoms with Gasteiger partial charge in [0.25, 0.3) is 0 Å². The predicted octanol–water partition coefficient (Wildman–Crippen LogP) is 11.9. The van der Waals surface area contributed by atoms with E-state index in [-0.39, 0.29) is 0 Å². The van der Waals surface area contributed by atoms with Crippen LogP contribution in [0.1, 0.15) is 5.56 Å². The van der Waals surface area contributed by atoms with Gasteiger partial charge in [0, 0.05) is 38.9 Å². The Balaban J connectivity index is 1.26. The molecule has 2 aromatic heterocycles. The maximum atomic E-state index is 10.4. The van der Waals surface area contributed by atoms with E-state index in [0.717, 1.165) is 67.0 Å². The minimum absolute atomic E-state index is 0.532. The largest absolute Gasteiger partial charge is 0.228 e. The Kier molecular flexibility index (Phi) is 9.23. The molecule has 7 aromatic carbocycles. The van der Waals surface area contributed by atoms with Crippen molar-refractivity contribution in [2.45, 2.75) is 0 Å². The van der Waals surface area contributed by atoms with Crippen LogP contribution in [0.5, 0.6) is 0 Å². The van der Waals surface area contributed by atoms with Crippen molar-refractivity contribution >= 4 is 0 Å². The molecule has 9 aromatic rings. The van der Waals surface area contributed by atoms with E-state index in [1.165, 1.54) is 0 Å². The summed E-state index contributed by atoms with van der Waals surface area (Å²) in [6.07, 6.45) is 0. The molecule has 0 fully saturated rings. The van der Waals surface area contributed by atoms with Gasteiger partial charge in [-0.3, -0.25) is 0 Å². The molecule has 262 valence electrons. The summed E-state index contributed by atoms with van der Waals surface area (Å²) >= 11 is 0. The topological polar surface area (TPSA) is 88.2 Å². The van der Waals surface area contributed by atoms with E-state index < -0.39 is 0 Å². The van der Waals surface area contributed by atoms with Gasteiger partial charge in [-0.05, 0) is 34.9 Å². The minimum Gasteiger partial charge on any atom is -0.228 e. The number of hydrogen-bond donors (Lipinski definition) is 0. The molecule has 0 radical (unpaired) electrons. The van der Waals surface area contributed by atoms with Crippen LogP contribution in [0.25, 0.3) is 90.3 Å². The standard InChI is InChI=1S/C50H32N6/c51-33-39-25-13-14-26-40(39)44-31-38(50-55-48(36-21-9-3-10-22-36)54-49(56-50)37-23-11-4-12-24-37)29-30-42(44)41-27-15-16-28-43(41)46-32-45(34-17-5-1-6-18-34)52-47(53-46)35-19-7-2-8-20-35/h1-32H. The van der Waals surface area contributed by atoms with E-state index >= 15 is 0 Å². The molecule has 0 unspecified atom stereocenters. The van der Waals surface area contributed by atoms with E-state index in [9.17, 15) is 5.26 Å². The highest BCUT2D eigenvalue weighted by Crippen LogP contribution is 2.41. The first-order valence-electron chi connectivity index (χ1n) is 18.3. The SMILES string of the molecule is N#Cc1ccccc1-c1cc(-c2nc(-c3ccccc3)nc(-c3ccccc3)n2)ccc1-c1ccccc1-c1cc(-c2ccccc2)nc(-c2ccccc2)n1. The Labute approximate surface area is 325 Å². The van der Waals surface area contributed by atoms with Gasteiger partial charge in [0.05, 0.1) is 23.0 Å². The molecule has 9 rings (SSSR count). The molecule has 6 nitrogen and oxygen atoms in total. The van der Waals surface area contributed by atoms with Crippen LogP contribution in [-0.2, 0) is 0 Å². The molecule has 0 aliphatic rings. The van der Waals surface area contributed by atoms with Crippen LogP contribution >= 0.6 is 0 Å². The number of nitriles is 1. The monoisotopic (exact) mass is 716 g/mol. The zero-order chi connectivity index (χ0) is 37.7. The van der Waals surface area contributed by atoms with Crippen LogP contribution in [-0.4, -0.2) is 24.9 Å². The lowest BCUT2D eigenvalue weighted by Crippen LogP contribution is -2.01. The Morgan fingerprint density at radius 3 is 1.25 bits per heavy atom. The van der Waals surface area contributed by atoms with E-state index in [2.05, 4.69) is 48.5 Å². The zero-order valence-corrected chi connectivity index (χ0v) is 30.2. The molecule has 0 aliphatic heterocycles. The van der Waals surface area contributed by atoms with E-state index in [4.69, 9.17) is 24.9 Å². The molecular formula is C50H32N6. The summed E-state index contributed by atoms with van der Waals surface area (Å²) in [6.45, 7) is 0. The van der Waals surface area contributed by atoms with E-state index in [0.29, 0.717) is 28.9 Å². The number of rotatable bonds is 8. The summed E-state index contributed by atoms with van der Waals surface area (Å²) in [7, 11) is 0. The number of nitrogens with zero attached hydrogens (tertiary/aromatic N) is 6. The van der Waals surface area contributed by atoms with E-state index in [1.54, 1.807) is 0 Å². The number of benzene rings is 7. The molecule has 0 amide bonds. The summed E-state index contributed by atoms with van der Waals surface area (Å²) in [5.41, 5.74) is 11.2. The van der Waals surface area contributed by atoms with Crippen molar-refractivity contribution in [3.63, 3.8) is 0 Å². The van der Waals surface area contributed by atoms with Crippen LogP contribution in [0.4, 0.5) is 0 Å². The highest BCUT2D eigenvalue weighted by molar-refractivity contribution is 5.94. The molecule has 0 aliphatic carbocycles. The van der Waals surface area contributed by atoms with Gasteiger partial charge in [-0.15, -0.1) is 0 Å². The Morgan fingerprint density at radius 1 is 0.286 bits per heavy atom. The van der Waals surface area contributed by atoms with Crippen molar-refractivity contribution in [1.82, 2.24) is 24.9 Å². The van der Waals surface area contributed by atoms with Gasteiger partial charge in [-0.25, -0.2) is 24.9 Å². The summed E-state index contributed by atoms with van der Waals surface area (Å²) in [4.78, 5) is 25.1. The molecule has 2 heterocycles. The van der Waals surface area contributed by atoms with Gasteiger partial charge >= 0.3 is 0 Å². The Bertz CT molecular complexity index is 2740. The maximum absolute atomic E-state index is 10.4. The minimum atomic E-state index is 0.532. The van der Waals surface area contributed by atoms with Crippen molar-refractivity contribution in [1.29, 1.82) is 5.26 Å². The molecule has 0 saturated carbocycles. The Morgan fingerprint density at radius 2 is 0.696 bits per heavy atom. The van der Waals surface area contributed by atoms with Crippen molar-refractivity contribution in [3.05, 3.63) is 200 Å². The quantitative estimate of drug-likeness (QED) is 0.156. The highest BCUT2D eigenvalue weighted by Gasteiger charge is 2.20. The third-order valence-electron chi connectivity index (χ3n) is 9.64. The number of aromatic nitrogens is 5. The summed E-state index contributed by atoms with van der Waals surface area (Å²) < 4.78 is 0. The van der Waals surface area contributed by atoms with Crippen molar-refractivity contribution < 1.29 is 0 Å². The van der Waals surface area contributed by atoms with Gasteiger partial charge in [-0.2, -0.15) is 5.26 Å². The molecular weight excluding hydrogens is 685 g/mol. The average Bonchev–Trinajstić information content (AvgIpc) is 3.29. The van der Waals surface area contributed by atoms with Crippen molar-refractivity contribution in [2.75, 3.05) is 0 Å². The van der Waals surface area contributed by atoms with Crippen LogP contribution in [0.15, 0.2) is 194 Å². The van der Waals surface area contributed by atoms with Gasteiger partial charge in [0.1, 0.15) is 0 Å². The lowest BCUT2D eigenvalue weighted by molar-refractivity contribution is 1.07. The first-order valence-corrected chi connectivity index (χ1v) is 18.3. The molecule has 0 N–H and O–H groups in total. The van der Waals surface area contributed by atoms with Crippen molar-refractivity contribution in [2.24, 2.45) is 0 Å². The second-order valence-corrected chi connectivity index (χ2v) is 13.2. The second-order valence-electron chi connectivity index (χ2n) is 13.2. The maximum Gasteiger partial charge on any atom is 0.164 e. The van der Waals surface area contributed by atoms with Crippen LogP contribution in [0.3, 0.4) is 0 Å². The molecule has 56 heavy (non-hydrogen) atoms. The fraction of sp³-hybridized carbons (Fsp3) is 0. The molecule has 6 heteroatoms. The summed E-state index contributed by atoms with van der Waals surface area (Å²) in [6, 6.07) is 66.8. The van der Waals surface area contributed by atoms with Gasteiger partial charge in [-0.1, -0.05) is 176 Å². The fourth-order valence-electron chi connectivity index (χ4n) is 6.89. The first kappa shape index (κ1) is 33.9. The molecule has 0 bridgehead atoms. The lowest BCUT2D eigenvalue weighted by atomic mass is 9.87. The number of hydrogen-bond acceptors (Lipinski definition) is 6. The van der Waals surface area contributed by atoms with Crippen LogP contribution in [0, 0.1) is 11.3 Å². The molecule has 0 atom stereocenters. The highest BCUT2D eigenvalue weighted by atomic mass is 15.0. The first-order chi connectivity index (χ1) is 27.7. The van der Waals surface area contributed by atoms with Gasteiger partial charge in [0.2, 0.25) is 0 Å². The third-order valence-corrected chi connectivity index (χ3v) is 9.64. The van der Waals surface area contributed by atoms with Crippen LogP contribution < -0.4 is 0 Å². The smallest absolute Gasteiger partial charge is 0.164 e. The zero-order valence-electron chi connectivity index (χ0n) is 30.2. The summed E-state index contributed by atoms with van der Waals surface area (Å²) in [5.74, 6) is 2.33. The lowest BCUT2D eigenvalue weighted by Gasteiger charge is -2.17. The Hall–Kier alpha value is -7.88.